The highest BCUT2D eigenvalue weighted by Gasteiger charge is 2.25. The van der Waals surface area contributed by atoms with Crippen molar-refractivity contribution in [3.63, 3.8) is 0 Å². The summed E-state index contributed by atoms with van der Waals surface area (Å²) >= 11 is 1.42. The van der Waals surface area contributed by atoms with Crippen LogP contribution in [0, 0.1) is 6.92 Å². The molecule has 1 atom stereocenters. The fourth-order valence-electron chi connectivity index (χ4n) is 1.66. The van der Waals surface area contributed by atoms with Crippen molar-refractivity contribution < 1.29 is 9.53 Å². The first-order chi connectivity index (χ1) is 7.70. The van der Waals surface area contributed by atoms with Gasteiger partial charge in [-0.1, -0.05) is 0 Å². The summed E-state index contributed by atoms with van der Waals surface area (Å²) in [7, 11) is 0. The largest absolute Gasteiger partial charge is 0.373 e. The lowest BCUT2D eigenvalue weighted by Crippen LogP contribution is -2.48. The molecule has 0 spiro atoms. The number of nitrogens with zero attached hydrogens (tertiary/aromatic N) is 2. The van der Waals surface area contributed by atoms with Crippen LogP contribution in [0.25, 0.3) is 0 Å². The van der Waals surface area contributed by atoms with Crippen molar-refractivity contribution in [3.8, 4) is 0 Å². The fraction of sp³-hybridized carbons (Fsp3) is 0.600. The van der Waals surface area contributed by atoms with Crippen molar-refractivity contribution in [2.45, 2.75) is 13.0 Å². The molecule has 1 aromatic rings. The molecule has 0 aliphatic carbocycles. The van der Waals surface area contributed by atoms with Gasteiger partial charge in [-0.2, -0.15) is 0 Å². The van der Waals surface area contributed by atoms with Crippen LogP contribution in [0.3, 0.4) is 0 Å². The van der Waals surface area contributed by atoms with Crippen LogP contribution in [0.1, 0.15) is 14.7 Å². The van der Waals surface area contributed by atoms with E-state index < -0.39 is 0 Å². The van der Waals surface area contributed by atoms with Crippen LogP contribution in [0.5, 0.6) is 0 Å². The molecule has 6 heteroatoms. The molecule has 16 heavy (non-hydrogen) atoms. The molecule has 2 N–H and O–H groups in total. The lowest BCUT2D eigenvalue weighted by molar-refractivity contribution is -0.0165. The third-order valence-electron chi connectivity index (χ3n) is 2.52. The monoisotopic (exact) mass is 241 g/mol. The van der Waals surface area contributed by atoms with Crippen LogP contribution in [0.4, 0.5) is 0 Å². The van der Waals surface area contributed by atoms with Gasteiger partial charge in [0.1, 0.15) is 4.88 Å². The number of hydrogen-bond acceptors (Lipinski definition) is 5. The van der Waals surface area contributed by atoms with Crippen molar-refractivity contribution in [1.82, 2.24) is 9.88 Å². The van der Waals surface area contributed by atoms with Gasteiger partial charge in [-0.25, -0.2) is 4.98 Å². The van der Waals surface area contributed by atoms with Gasteiger partial charge in [0.15, 0.2) is 0 Å². The van der Waals surface area contributed by atoms with Gasteiger partial charge in [-0.3, -0.25) is 4.79 Å². The Morgan fingerprint density at radius 3 is 3.25 bits per heavy atom. The SMILES string of the molecule is Cc1ncc(C(=O)N2CCOC(CN)C2)s1. The molecule has 0 saturated carbocycles. The number of hydrogen-bond donors (Lipinski definition) is 1. The van der Waals surface area contributed by atoms with Gasteiger partial charge in [-0.05, 0) is 6.92 Å². The number of thiazole rings is 1. The second-order valence-corrected chi connectivity index (χ2v) is 4.96. The molecule has 2 rings (SSSR count). The minimum atomic E-state index is -0.0354. The average Bonchev–Trinajstić information content (AvgIpc) is 2.75. The van der Waals surface area contributed by atoms with Crippen molar-refractivity contribution in [2.75, 3.05) is 26.2 Å². The van der Waals surface area contributed by atoms with E-state index >= 15 is 0 Å². The molecule has 0 radical (unpaired) electrons. The third kappa shape index (κ3) is 2.40. The first-order valence-electron chi connectivity index (χ1n) is 5.24. The van der Waals surface area contributed by atoms with E-state index in [9.17, 15) is 4.79 Å². The van der Waals surface area contributed by atoms with Gasteiger partial charge in [-0.15, -0.1) is 11.3 Å². The highest BCUT2D eigenvalue weighted by molar-refractivity contribution is 7.13. The van der Waals surface area contributed by atoms with E-state index in [1.807, 2.05) is 6.92 Å². The van der Waals surface area contributed by atoms with E-state index in [-0.39, 0.29) is 12.0 Å². The zero-order valence-corrected chi connectivity index (χ0v) is 10.00. The maximum absolute atomic E-state index is 12.1. The zero-order chi connectivity index (χ0) is 11.5. The Balaban J connectivity index is 2.04. The summed E-state index contributed by atoms with van der Waals surface area (Å²) in [5, 5.41) is 0.909. The van der Waals surface area contributed by atoms with Crippen LogP contribution >= 0.6 is 11.3 Å². The van der Waals surface area contributed by atoms with E-state index in [2.05, 4.69) is 4.98 Å². The van der Waals surface area contributed by atoms with Gasteiger partial charge < -0.3 is 15.4 Å². The number of carbonyl (C=O) groups excluding carboxylic acids is 1. The molecule has 0 bridgehead atoms. The minimum Gasteiger partial charge on any atom is -0.373 e. The second kappa shape index (κ2) is 4.90. The highest BCUT2D eigenvalue weighted by Crippen LogP contribution is 2.16. The Morgan fingerprint density at radius 2 is 2.62 bits per heavy atom. The standard InChI is InChI=1S/C10H15N3O2S/c1-7-12-5-9(16-7)10(14)13-2-3-15-8(4-11)6-13/h5,8H,2-4,6,11H2,1H3. The first kappa shape index (κ1) is 11.5. The summed E-state index contributed by atoms with van der Waals surface area (Å²) in [6, 6.07) is 0. The Morgan fingerprint density at radius 1 is 1.81 bits per heavy atom. The van der Waals surface area contributed by atoms with Crippen molar-refractivity contribution >= 4 is 17.2 Å². The maximum Gasteiger partial charge on any atom is 0.265 e. The van der Waals surface area contributed by atoms with Gasteiger partial charge >= 0.3 is 0 Å². The van der Waals surface area contributed by atoms with Gasteiger partial charge in [0.25, 0.3) is 5.91 Å². The average molecular weight is 241 g/mol. The highest BCUT2D eigenvalue weighted by atomic mass is 32.1. The number of nitrogens with two attached hydrogens (primary N) is 1. The lowest BCUT2D eigenvalue weighted by atomic mass is 10.2. The van der Waals surface area contributed by atoms with E-state index in [0.29, 0.717) is 31.1 Å². The Kier molecular flexibility index (Phi) is 3.52. The summed E-state index contributed by atoms with van der Waals surface area (Å²) in [5.41, 5.74) is 5.54. The van der Waals surface area contributed by atoms with Crippen molar-refractivity contribution in [1.29, 1.82) is 0 Å². The quantitative estimate of drug-likeness (QED) is 0.806. The number of aromatic nitrogens is 1. The molecule has 1 aliphatic heterocycles. The molecule has 1 aromatic heterocycles. The summed E-state index contributed by atoms with van der Waals surface area (Å²) < 4.78 is 5.42. The fourth-order valence-corrected chi connectivity index (χ4v) is 2.41. The predicted octanol–water partition coefficient (Wildman–Crippen LogP) is 0.251. The molecule has 88 valence electrons. The topological polar surface area (TPSA) is 68.5 Å². The van der Waals surface area contributed by atoms with E-state index in [4.69, 9.17) is 10.5 Å². The Bertz CT molecular complexity index is 380. The normalized spacial score (nSPS) is 21.1. The van der Waals surface area contributed by atoms with Crippen LogP contribution in [-0.4, -0.2) is 48.1 Å². The number of rotatable bonds is 2. The van der Waals surface area contributed by atoms with Gasteiger partial charge in [0, 0.05) is 19.6 Å². The Labute approximate surface area is 98.2 Å². The number of carbonyl (C=O) groups is 1. The molecule has 5 nitrogen and oxygen atoms in total. The summed E-state index contributed by atoms with van der Waals surface area (Å²) in [5.74, 6) is 0.0346. The zero-order valence-electron chi connectivity index (χ0n) is 9.18. The third-order valence-corrected chi connectivity index (χ3v) is 3.42. The van der Waals surface area contributed by atoms with Crippen molar-refractivity contribution in [3.05, 3.63) is 16.1 Å². The molecule has 1 unspecified atom stereocenters. The van der Waals surface area contributed by atoms with Crippen LogP contribution in [-0.2, 0) is 4.74 Å². The van der Waals surface area contributed by atoms with Crippen molar-refractivity contribution in [2.24, 2.45) is 5.73 Å². The lowest BCUT2D eigenvalue weighted by Gasteiger charge is -2.31. The number of aryl methyl sites for hydroxylation is 1. The molecule has 2 heterocycles. The Hall–Kier alpha value is -0.980. The minimum absolute atomic E-state index is 0.0346. The van der Waals surface area contributed by atoms with E-state index in [1.54, 1.807) is 11.1 Å². The van der Waals surface area contributed by atoms with E-state index in [0.717, 1.165) is 5.01 Å². The molecule has 1 saturated heterocycles. The molecular weight excluding hydrogens is 226 g/mol. The first-order valence-corrected chi connectivity index (χ1v) is 6.05. The molecule has 1 fully saturated rings. The van der Waals surface area contributed by atoms with E-state index in [1.165, 1.54) is 11.3 Å². The van der Waals surface area contributed by atoms with Gasteiger partial charge in [0.05, 0.1) is 23.9 Å². The van der Waals surface area contributed by atoms with Crippen LogP contribution in [0.2, 0.25) is 0 Å². The molecule has 0 aromatic carbocycles. The summed E-state index contributed by atoms with van der Waals surface area (Å²) in [6.07, 6.45) is 1.60. The van der Waals surface area contributed by atoms with Crippen LogP contribution in [0.15, 0.2) is 6.20 Å². The smallest absolute Gasteiger partial charge is 0.265 e. The summed E-state index contributed by atoms with van der Waals surface area (Å²) in [6.45, 7) is 4.11. The van der Waals surface area contributed by atoms with Crippen LogP contribution < -0.4 is 5.73 Å². The van der Waals surface area contributed by atoms with Gasteiger partial charge in [0.2, 0.25) is 0 Å². The second-order valence-electron chi connectivity index (χ2n) is 3.72. The summed E-state index contributed by atoms with van der Waals surface area (Å²) in [4.78, 5) is 18.6. The number of ether oxygens (including phenoxy) is 1. The number of morpholine rings is 1. The number of amides is 1. The molecule has 1 amide bonds. The molecular formula is C10H15N3O2S. The maximum atomic E-state index is 12.1. The predicted molar refractivity (Wildman–Crippen MR) is 61.5 cm³/mol. The molecule has 1 aliphatic rings.